The average molecular weight is 275 g/mol. The Morgan fingerprint density at radius 2 is 2.10 bits per heavy atom. The van der Waals surface area contributed by atoms with Crippen LogP contribution in [-0.4, -0.2) is 39.5 Å². The van der Waals surface area contributed by atoms with Crippen LogP contribution in [0.3, 0.4) is 0 Å². The minimum atomic E-state index is -0.859. The highest BCUT2D eigenvalue weighted by molar-refractivity contribution is 5.67. The minimum absolute atomic E-state index is 0.0236. The number of aromatic amines is 1. The van der Waals surface area contributed by atoms with Gasteiger partial charge in [-0.05, 0) is 18.2 Å². The molecule has 1 aromatic heterocycles. The first-order chi connectivity index (χ1) is 9.72. The zero-order chi connectivity index (χ0) is 13.9. The van der Waals surface area contributed by atoms with Gasteiger partial charge in [0.25, 0.3) is 0 Å². The number of aromatic nitrogens is 3. The topological polar surface area (TPSA) is 97.3 Å². The lowest BCUT2D eigenvalue weighted by Crippen LogP contribution is -2.15. The Morgan fingerprint density at radius 1 is 1.30 bits per heavy atom. The van der Waals surface area contributed by atoms with Crippen LogP contribution in [0.2, 0.25) is 0 Å². The maximum atomic E-state index is 10.5. The van der Waals surface area contributed by atoms with Crippen LogP contribution in [0.1, 0.15) is 12.2 Å². The first-order valence-electron chi connectivity index (χ1n) is 6.25. The van der Waals surface area contributed by atoms with E-state index in [4.69, 9.17) is 14.6 Å². The molecular formula is C13H13N3O4. The number of carboxylic acids is 1. The Kier molecular flexibility index (Phi) is 3.24. The van der Waals surface area contributed by atoms with Crippen molar-refractivity contribution in [2.75, 3.05) is 13.2 Å². The fourth-order valence-corrected chi connectivity index (χ4v) is 1.94. The van der Waals surface area contributed by atoms with E-state index in [1.807, 2.05) is 18.2 Å². The van der Waals surface area contributed by atoms with Crippen molar-refractivity contribution in [3.05, 3.63) is 24.0 Å². The first kappa shape index (κ1) is 12.5. The van der Waals surface area contributed by atoms with Crippen molar-refractivity contribution in [1.29, 1.82) is 0 Å². The molecule has 0 spiro atoms. The van der Waals surface area contributed by atoms with Gasteiger partial charge < -0.3 is 14.6 Å². The highest BCUT2D eigenvalue weighted by atomic mass is 16.6. The number of hydrogen-bond acceptors (Lipinski definition) is 5. The van der Waals surface area contributed by atoms with E-state index in [1.54, 1.807) is 0 Å². The molecule has 0 atom stereocenters. The molecule has 0 unspecified atom stereocenters. The second kappa shape index (κ2) is 5.20. The quantitative estimate of drug-likeness (QED) is 0.871. The number of ether oxygens (including phenoxy) is 2. The van der Waals surface area contributed by atoms with Gasteiger partial charge in [-0.15, -0.1) is 0 Å². The summed E-state index contributed by atoms with van der Waals surface area (Å²) in [4.78, 5) is 14.8. The third-order valence-electron chi connectivity index (χ3n) is 2.91. The van der Waals surface area contributed by atoms with Crippen molar-refractivity contribution in [3.8, 4) is 22.9 Å². The number of rotatable bonds is 4. The number of aliphatic carboxylic acids is 1. The molecular weight excluding hydrogens is 262 g/mol. The van der Waals surface area contributed by atoms with E-state index in [0.29, 0.717) is 42.8 Å². The molecule has 0 fully saturated rings. The third-order valence-corrected chi connectivity index (χ3v) is 2.91. The third kappa shape index (κ3) is 2.56. The molecule has 0 saturated heterocycles. The molecule has 20 heavy (non-hydrogen) atoms. The molecule has 1 aliphatic heterocycles. The van der Waals surface area contributed by atoms with Crippen molar-refractivity contribution in [2.24, 2.45) is 0 Å². The van der Waals surface area contributed by atoms with Gasteiger partial charge in [-0.3, -0.25) is 9.89 Å². The van der Waals surface area contributed by atoms with Gasteiger partial charge >= 0.3 is 5.97 Å². The van der Waals surface area contributed by atoms with E-state index in [-0.39, 0.29) is 6.42 Å². The first-order valence-corrected chi connectivity index (χ1v) is 6.25. The SMILES string of the molecule is O=C(O)CCc1nc(-c2ccc3c(c2)OCCO3)n[nH]1. The molecule has 3 rings (SSSR count). The van der Waals surface area contributed by atoms with Crippen LogP contribution in [0, 0.1) is 0 Å². The predicted octanol–water partition coefficient (Wildman–Crippen LogP) is 1.26. The van der Waals surface area contributed by atoms with Crippen molar-refractivity contribution in [1.82, 2.24) is 15.2 Å². The van der Waals surface area contributed by atoms with E-state index in [2.05, 4.69) is 15.2 Å². The predicted molar refractivity (Wildman–Crippen MR) is 68.8 cm³/mol. The standard InChI is InChI=1S/C13H13N3O4/c17-12(18)4-3-11-14-13(16-15-11)8-1-2-9-10(7-8)20-6-5-19-9/h1-2,7H,3-6H2,(H,17,18)(H,14,15,16). The van der Waals surface area contributed by atoms with Crippen LogP contribution in [0.25, 0.3) is 11.4 Å². The second-order valence-electron chi connectivity index (χ2n) is 4.36. The normalized spacial score (nSPS) is 13.2. The molecule has 104 valence electrons. The Bertz CT molecular complexity index is 638. The van der Waals surface area contributed by atoms with E-state index in [1.165, 1.54) is 0 Å². The summed E-state index contributed by atoms with van der Waals surface area (Å²) in [6, 6.07) is 5.48. The lowest BCUT2D eigenvalue weighted by Gasteiger charge is -2.18. The molecule has 0 saturated carbocycles. The average Bonchev–Trinajstić information content (AvgIpc) is 2.93. The summed E-state index contributed by atoms with van der Waals surface area (Å²) in [5, 5.41) is 15.5. The highest BCUT2D eigenvalue weighted by Gasteiger charge is 2.14. The van der Waals surface area contributed by atoms with Crippen molar-refractivity contribution >= 4 is 5.97 Å². The summed E-state index contributed by atoms with van der Waals surface area (Å²) >= 11 is 0. The van der Waals surface area contributed by atoms with Crippen LogP contribution < -0.4 is 9.47 Å². The number of carbonyl (C=O) groups is 1. The number of aryl methyl sites for hydroxylation is 1. The second-order valence-corrected chi connectivity index (χ2v) is 4.36. The Morgan fingerprint density at radius 3 is 2.90 bits per heavy atom. The molecule has 1 aliphatic rings. The maximum absolute atomic E-state index is 10.5. The monoisotopic (exact) mass is 275 g/mol. The summed E-state index contributed by atoms with van der Waals surface area (Å²) in [6.45, 7) is 1.07. The smallest absolute Gasteiger partial charge is 0.303 e. The van der Waals surface area contributed by atoms with Gasteiger partial charge in [0.15, 0.2) is 17.3 Å². The molecule has 0 amide bonds. The van der Waals surface area contributed by atoms with Crippen LogP contribution in [0.4, 0.5) is 0 Å². The number of nitrogens with one attached hydrogen (secondary N) is 1. The number of carboxylic acid groups (broad SMARTS) is 1. The summed E-state index contributed by atoms with van der Waals surface area (Å²) in [5.41, 5.74) is 0.798. The molecule has 2 N–H and O–H groups in total. The van der Waals surface area contributed by atoms with Crippen molar-refractivity contribution in [3.63, 3.8) is 0 Å². The highest BCUT2D eigenvalue weighted by Crippen LogP contribution is 2.33. The molecule has 2 aromatic rings. The van der Waals surface area contributed by atoms with Gasteiger partial charge in [-0.25, -0.2) is 4.98 Å². The van der Waals surface area contributed by atoms with E-state index >= 15 is 0 Å². The van der Waals surface area contributed by atoms with Gasteiger partial charge in [0, 0.05) is 12.0 Å². The number of fused-ring (bicyclic) bond motifs is 1. The fraction of sp³-hybridized carbons (Fsp3) is 0.308. The van der Waals surface area contributed by atoms with Crippen LogP contribution in [-0.2, 0) is 11.2 Å². The Balaban J connectivity index is 1.80. The summed E-state index contributed by atoms with van der Waals surface area (Å²) in [6.07, 6.45) is 0.350. The molecule has 0 radical (unpaired) electrons. The van der Waals surface area contributed by atoms with Crippen molar-refractivity contribution in [2.45, 2.75) is 12.8 Å². The molecule has 1 aromatic carbocycles. The lowest BCUT2D eigenvalue weighted by molar-refractivity contribution is -0.137. The van der Waals surface area contributed by atoms with E-state index in [9.17, 15) is 4.79 Å². The number of H-pyrrole nitrogens is 1. The minimum Gasteiger partial charge on any atom is -0.486 e. The van der Waals surface area contributed by atoms with E-state index < -0.39 is 5.97 Å². The Hall–Kier alpha value is -2.57. The zero-order valence-corrected chi connectivity index (χ0v) is 10.6. The molecule has 2 heterocycles. The van der Waals surface area contributed by atoms with Crippen LogP contribution >= 0.6 is 0 Å². The van der Waals surface area contributed by atoms with Crippen molar-refractivity contribution < 1.29 is 19.4 Å². The van der Waals surface area contributed by atoms with Gasteiger partial charge in [-0.1, -0.05) is 0 Å². The summed E-state index contributed by atoms with van der Waals surface area (Å²) in [7, 11) is 0. The van der Waals surface area contributed by atoms with Crippen LogP contribution in [0.5, 0.6) is 11.5 Å². The lowest BCUT2D eigenvalue weighted by atomic mass is 10.2. The number of nitrogens with zero attached hydrogens (tertiary/aromatic N) is 2. The van der Waals surface area contributed by atoms with E-state index in [0.717, 1.165) is 5.56 Å². The maximum Gasteiger partial charge on any atom is 0.303 e. The molecule has 7 heteroatoms. The van der Waals surface area contributed by atoms with Gasteiger partial charge in [-0.2, -0.15) is 5.10 Å². The van der Waals surface area contributed by atoms with Gasteiger partial charge in [0.05, 0.1) is 6.42 Å². The largest absolute Gasteiger partial charge is 0.486 e. The molecule has 0 aliphatic carbocycles. The molecule has 7 nitrogen and oxygen atoms in total. The number of benzene rings is 1. The fourth-order valence-electron chi connectivity index (χ4n) is 1.94. The summed E-state index contributed by atoms with van der Waals surface area (Å²) < 4.78 is 10.9. The van der Waals surface area contributed by atoms with Crippen LogP contribution in [0.15, 0.2) is 18.2 Å². The van der Waals surface area contributed by atoms with Gasteiger partial charge in [0.1, 0.15) is 19.0 Å². The summed E-state index contributed by atoms with van der Waals surface area (Å²) in [5.74, 6) is 1.59. The number of hydrogen-bond donors (Lipinski definition) is 2. The Labute approximate surface area is 114 Å². The zero-order valence-electron chi connectivity index (χ0n) is 10.6. The van der Waals surface area contributed by atoms with Gasteiger partial charge in [0.2, 0.25) is 0 Å². The molecule has 0 bridgehead atoms.